The van der Waals surface area contributed by atoms with Crippen molar-refractivity contribution in [2.24, 2.45) is 0 Å². The molecule has 0 atom stereocenters. The molecule has 0 spiro atoms. The number of rotatable bonds is 3. The lowest BCUT2D eigenvalue weighted by Gasteiger charge is -2.01. The summed E-state index contributed by atoms with van der Waals surface area (Å²) >= 11 is 11.9. The highest BCUT2D eigenvalue weighted by molar-refractivity contribution is 6.42. The average molecular weight is 270 g/mol. The molecule has 0 amide bonds. The topological polar surface area (TPSA) is 43.8 Å². The molecule has 0 bridgehead atoms. The van der Waals surface area contributed by atoms with Gasteiger partial charge in [0.15, 0.2) is 0 Å². The van der Waals surface area contributed by atoms with Gasteiger partial charge in [0.2, 0.25) is 0 Å². The maximum atomic E-state index is 5.98. The third kappa shape index (κ3) is 2.56. The van der Waals surface area contributed by atoms with Gasteiger partial charge in [-0.2, -0.15) is 5.10 Å². The quantitative estimate of drug-likeness (QED) is 0.920. The van der Waals surface area contributed by atoms with Crippen LogP contribution in [0.5, 0.6) is 0 Å². The van der Waals surface area contributed by atoms with Crippen molar-refractivity contribution in [3.63, 3.8) is 0 Å². The smallest absolute Gasteiger partial charge is 0.115 e. The van der Waals surface area contributed by atoms with Crippen LogP contribution in [-0.4, -0.2) is 9.78 Å². The van der Waals surface area contributed by atoms with Gasteiger partial charge < -0.3 is 5.73 Å². The largest absolute Gasteiger partial charge is 0.396 e. The zero-order chi connectivity index (χ0) is 12.4. The van der Waals surface area contributed by atoms with Crippen LogP contribution in [0.25, 0.3) is 11.3 Å². The lowest BCUT2D eigenvalue weighted by molar-refractivity contribution is 0.605. The van der Waals surface area contributed by atoms with Crippen molar-refractivity contribution in [2.75, 3.05) is 5.73 Å². The van der Waals surface area contributed by atoms with Crippen molar-refractivity contribution < 1.29 is 0 Å². The number of aryl methyl sites for hydroxylation is 1. The maximum Gasteiger partial charge on any atom is 0.115 e. The molecule has 3 nitrogen and oxygen atoms in total. The van der Waals surface area contributed by atoms with Crippen molar-refractivity contribution in [3.05, 3.63) is 34.4 Å². The van der Waals surface area contributed by atoms with Crippen LogP contribution in [0.15, 0.2) is 24.4 Å². The number of benzene rings is 1. The average Bonchev–Trinajstić information content (AvgIpc) is 2.64. The van der Waals surface area contributed by atoms with Crippen LogP contribution < -0.4 is 5.73 Å². The van der Waals surface area contributed by atoms with E-state index in [9.17, 15) is 0 Å². The van der Waals surface area contributed by atoms with Gasteiger partial charge in [0.05, 0.1) is 15.7 Å². The monoisotopic (exact) mass is 269 g/mol. The SMILES string of the molecule is CCCn1cc(N)c(-c2ccc(Cl)c(Cl)c2)n1. The summed E-state index contributed by atoms with van der Waals surface area (Å²) in [5.41, 5.74) is 8.21. The first kappa shape index (κ1) is 12.3. The number of anilines is 1. The molecular weight excluding hydrogens is 257 g/mol. The molecular formula is C12H13Cl2N3. The summed E-state index contributed by atoms with van der Waals surface area (Å²) < 4.78 is 1.84. The van der Waals surface area contributed by atoms with Crippen LogP contribution >= 0.6 is 23.2 Å². The Morgan fingerprint density at radius 1 is 1.29 bits per heavy atom. The fourth-order valence-corrected chi connectivity index (χ4v) is 1.95. The highest BCUT2D eigenvalue weighted by atomic mass is 35.5. The van der Waals surface area contributed by atoms with Crippen molar-refractivity contribution in [1.82, 2.24) is 9.78 Å². The third-order valence-corrected chi connectivity index (χ3v) is 3.17. The molecule has 0 fully saturated rings. The minimum atomic E-state index is 0.508. The summed E-state index contributed by atoms with van der Waals surface area (Å²) in [4.78, 5) is 0. The molecule has 1 heterocycles. The predicted molar refractivity (Wildman–Crippen MR) is 72.4 cm³/mol. The van der Waals surface area contributed by atoms with Gasteiger partial charge in [-0.15, -0.1) is 0 Å². The maximum absolute atomic E-state index is 5.98. The van der Waals surface area contributed by atoms with E-state index < -0.39 is 0 Å². The second kappa shape index (κ2) is 4.98. The summed E-state index contributed by atoms with van der Waals surface area (Å²) in [7, 11) is 0. The van der Waals surface area contributed by atoms with Crippen LogP contribution in [0.1, 0.15) is 13.3 Å². The molecule has 0 saturated carbocycles. The van der Waals surface area contributed by atoms with Gasteiger partial charge in [0.1, 0.15) is 5.69 Å². The van der Waals surface area contributed by atoms with E-state index in [0.29, 0.717) is 15.7 Å². The summed E-state index contributed by atoms with van der Waals surface area (Å²) in [6.45, 7) is 2.95. The number of hydrogen-bond acceptors (Lipinski definition) is 2. The van der Waals surface area contributed by atoms with Gasteiger partial charge in [-0.05, 0) is 18.6 Å². The van der Waals surface area contributed by atoms with Crippen LogP contribution in [0.2, 0.25) is 10.0 Å². The molecule has 1 aromatic carbocycles. The molecule has 0 aliphatic heterocycles. The Hall–Kier alpha value is -1.19. The number of aromatic nitrogens is 2. The highest BCUT2D eigenvalue weighted by Crippen LogP contribution is 2.30. The Labute approximate surface area is 110 Å². The van der Waals surface area contributed by atoms with Gasteiger partial charge >= 0.3 is 0 Å². The molecule has 0 saturated heterocycles. The highest BCUT2D eigenvalue weighted by Gasteiger charge is 2.09. The normalized spacial score (nSPS) is 10.8. The molecule has 0 radical (unpaired) electrons. The Morgan fingerprint density at radius 2 is 2.06 bits per heavy atom. The number of halogens is 2. The van der Waals surface area contributed by atoms with E-state index in [4.69, 9.17) is 28.9 Å². The van der Waals surface area contributed by atoms with Crippen molar-refractivity contribution in [3.8, 4) is 11.3 Å². The van der Waals surface area contributed by atoms with Gasteiger partial charge in [-0.25, -0.2) is 0 Å². The first-order valence-electron chi connectivity index (χ1n) is 5.40. The first-order chi connectivity index (χ1) is 8.11. The van der Waals surface area contributed by atoms with Crippen LogP contribution in [0, 0.1) is 0 Å². The third-order valence-electron chi connectivity index (χ3n) is 2.44. The van der Waals surface area contributed by atoms with Crippen LogP contribution in [0.3, 0.4) is 0 Å². The molecule has 1 aromatic heterocycles. The van der Waals surface area contributed by atoms with Crippen molar-refractivity contribution >= 4 is 28.9 Å². The number of hydrogen-bond donors (Lipinski definition) is 1. The summed E-state index contributed by atoms with van der Waals surface area (Å²) in [6.07, 6.45) is 2.85. The zero-order valence-corrected chi connectivity index (χ0v) is 11.0. The number of nitrogens with two attached hydrogens (primary N) is 1. The fourth-order valence-electron chi connectivity index (χ4n) is 1.65. The van der Waals surface area contributed by atoms with E-state index in [1.165, 1.54) is 0 Å². The summed E-state index contributed by atoms with van der Waals surface area (Å²) in [6, 6.07) is 5.39. The molecule has 0 unspecified atom stereocenters. The van der Waals surface area contributed by atoms with Gasteiger partial charge in [-0.3, -0.25) is 4.68 Å². The zero-order valence-electron chi connectivity index (χ0n) is 9.45. The van der Waals surface area contributed by atoms with E-state index in [2.05, 4.69) is 12.0 Å². The first-order valence-corrected chi connectivity index (χ1v) is 6.15. The molecule has 2 rings (SSSR count). The Kier molecular flexibility index (Phi) is 3.60. The molecule has 2 aromatic rings. The molecule has 0 aliphatic rings. The fraction of sp³-hybridized carbons (Fsp3) is 0.250. The predicted octanol–water partition coefficient (Wildman–Crippen LogP) is 3.85. The lowest BCUT2D eigenvalue weighted by Crippen LogP contribution is -1.96. The minimum absolute atomic E-state index is 0.508. The van der Waals surface area contributed by atoms with E-state index >= 15 is 0 Å². The van der Waals surface area contributed by atoms with Crippen LogP contribution in [0.4, 0.5) is 5.69 Å². The number of nitrogens with zero attached hydrogens (tertiary/aromatic N) is 2. The molecule has 0 aliphatic carbocycles. The van der Waals surface area contributed by atoms with Gasteiger partial charge in [-0.1, -0.05) is 36.2 Å². The molecule has 2 N–H and O–H groups in total. The Balaban J connectivity index is 2.41. The van der Waals surface area contributed by atoms with E-state index in [-0.39, 0.29) is 0 Å². The molecule has 17 heavy (non-hydrogen) atoms. The van der Waals surface area contributed by atoms with E-state index in [1.54, 1.807) is 12.1 Å². The number of nitrogen functional groups attached to an aromatic ring is 1. The van der Waals surface area contributed by atoms with Crippen molar-refractivity contribution in [1.29, 1.82) is 0 Å². The Bertz CT molecular complexity index is 535. The minimum Gasteiger partial charge on any atom is -0.396 e. The van der Waals surface area contributed by atoms with Gasteiger partial charge in [0, 0.05) is 18.3 Å². The summed E-state index contributed by atoms with van der Waals surface area (Å²) in [5, 5.41) is 5.47. The molecule has 5 heteroatoms. The van der Waals surface area contributed by atoms with E-state index in [1.807, 2.05) is 16.9 Å². The standard InChI is InChI=1S/C12H13Cl2N3/c1-2-5-17-7-11(15)12(16-17)8-3-4-9(13)10(14)6-8/h3-4,6-7H,2,5,15H2,1H3. The van der Waals surface area contributed by atoms with E-state index in [0.717, 1.165) is 24.2 Å². The molecule has 90 valence electrons. The Morgan fingerprint density at radius 3 is 2.71 bits per heavy atom. The van der Waals surface area contributed by atoms with Crippen molar-refractivity contribution in [2.45, 2.75) is 19.9 Å². The second-order valence-electron chi connectivity index (χ2n) is 3.83. The lowest BCUT2D eigenvalue weighted by atomic mass is 10.1. The van der Waals surface area contributed by atoms with Gasteiger partial charge in [0.25, 0.3) is 0 Å². The summed E-state index contributed by atoms with van der Waals surface area (Å²) in [5.74, 6) is 0. The second-order valence-corrected chi connectivity index (χ2v) is 4.64. The van der Waals surface area contributed by atoms with Crippen LogP contribution in [-0.2, 0) is 6.54 Å².